The molecule has 0 aromatic carbocycles. The van der Waals surface area contributed by atoms with Crippen molar-refractivity contribution < 1.29 is 28.3 Å². The van der Waals surface area contributed by atoms with Gasteiger partial charge in [0, 0.05) is 31.7 Å². The fraction of sp³-hybridized carbons (Fsp3) is 0.526. The molecule has 0 radical (unpaired) electrons. The smallest absolute Gasteiger partial charge is 0.404 e. The lowest BCUT2D eigenvalue weighted by Gasteiger charge is -2.34. The zero-order chi connectivity index (χ0) is 22.6. The van der Waals surface area contributed by atoms with Crippen LogP contribution in [0.4, 0.5) is 19.3 Å². The predicted molar refractivity (Wildman–Crippen MR) is 104 cm³/mol. The van der Waals surface area contributed by atoms with Gasteiger partial charge in [-0.25, -0.2) is 13.6 Å². The van der Waals surface area contributed by atoms with Crippen LogP contribution in [-0.4, -0.2) is 77.1 Å². The number of nitrogens with one attached hydrogen (secondary N) is 2. The summed E-state index contributed by atoms with van der Waals surface area (Å²) in [5.41, 5.74) is 0.792. The summed E-state index contributed by atoms with van der Waals surface area (Å²) in [6.07, 6.45) is 2.24. The molecule has 166 valence electrons. The number of amides is 3. The predicted octanol–water partition coefficient (Wildman–Crippen LogP) is 0.808. The van der Waals surface area contributed by atoms with Gasteiger partial charge in [-0.05, 0) is 18.9 Å². The standard InChI is InChI=1S/C19H22F2N6O4/c20-19(21)7-13(8-22)27(11-19)16(28)10-24-17(29)14-1-4-23-9-15(14)26-5-2-12(3-6-26)25-18(30)31/h1,4,9,12-13,25H,2-3,5-7,10-11H2,(H,24,29)(H,30,31)/t13-/m1/s1. The minimum atomic E-state index is -3.13. The molecule has 3 heterocycles. The van der Waals surface area contributed by atoms with E-state index in [4.69, 9.17) is 10.4 Å². The van der Waals surface area contributed by atoms with Crippen molar-refractivity contribution in [1.82, 2.24) is 20.5 Å². The number of likely N-dealkylation sites (tertiary alicyclic amines) is 1. The third kappa shape index (κ3) is 5.36. The van der Waals surface area contributed by atoms with E-state index in [1.54, 1.807) is 6.07 Å². The molecule has 3 rings (SSSR count). The minimum Gasteiger partial charge on any atom is -0.465 e. The van der Waals surface area contributed by atoms with E-state index in [9.17, 15) is 23.2 Å². The summed E-state index contributed by atoms with van der Waals surface area (Å²) in [5.74, 6) is -4.45. The van der Waals surface area contributed by atoms with Crippen LogP contribution >= 0.6 is 0 Å². The van der Waals surface area contributed by atoms with E-state index in [1.807, 2.05) is 4.90 Å². The first-order valence-corrected chi connectivity index (χ1v) is 9.74. The van der Waals surface area contributed by atoms with Crippen LogP contribution in [0, 0.1) is 11.3 Å². The molecule has 1 aromatic heterocycles. The molecule has 2 aliphatic heterocycles. The van der Waals surface area contributed by atoms with Crippen LogP contribution in [0.2, 0.25) is 0 Å². The Labute approximate surface area is 176 Å². The van der Waals surface area contributed by atoms with Crippen molar-refractivity contribution in [3.63, 3.8) is 0 Å². The van der Waals surface area contributed by atoms with E-state index in [0.29, 0.717) is 31.6 Å². The van der Waals surface area contributed by atoms with Gasteiger partial charge in [0.2, 0.25) is 5.91 Å². The lowest BCUT2D eigenvalue weighted by molar-refractivity contribution is -0.131. The molecule has 31 heavy (non-hydrogen) atoms. The monoisotopic (exact) mass is 436 g/mol. The summed E-state index contributed by atoms with van der Waals surface area (Å²) in [4.78, 5) is 42.5. The van der Waals surface area contributed by atoms with Crippen LogP contribution in [0.5, 0.6) is 0 Å². The van der Waals surface area contributed by atoms with Gasteiger partial charge < -0.3 is 25.5 Å². The van der Waals surface area contributed by atoms with Crippen LogP contribution in [0.15, 0.2) is 18.5 Å². The molecular formula is C19H22F2N6O4. The molecular weight excluding hydrogens is 414 g/mol. The SMILES string of the molecule is N#C[C@H]1CC(F)(F)CN1C(=O)CNC(=O)c1ccncc1N1CCC(NC(=O)O)CC1. The van der Waals surface area contributed by atoms with Gasteiger partial charge in [-0.1, -0.05) is 0 Å². The second kappa shape index (κ2) is 9.11. The highest BCUT2D eigenvalue weighted by atomic mass is 19.3. The molecule has 2 fully saturated rings. The van der Waals surface area contributed by atoms with Crippen molar-refractivity contribution >= 4 is 23.6 Å². The maximum atomic E-state index is 13.5. The zero-order valence-electron chi connectivity index (χ0n) is 16.6. The lowest BCUT2D eigenvalue weighted by Crippen LogP contribution is -2.45. The largest absolute Gasteiger partial charge is 0.465 e. The number of nitriles is 1. The molecule has 0 aliphatic carbocycles. The molecule has 10 nitrogen and oxygen atoms in total. The number of hydrogen-bond acceptors (Lipinski definition) is 6. The summed E-state index contributed by atoms with van der Waals surface area (Å²) in [7, 11) is 0. The number of halogens is 2. The number of hydrogen-bond donors (Lipinski definition) is 3. The molecule has 0 bridgehead atoms. The average molecular weight is 436 g/mol. The number of piperidine rings is 1. The molecule has 2 saturated heterocycles. The molecule has 0 saturated carbocycles. The van der Waals surface area contributed by atoms with Crippen LogP contribution in [0.25, 0.3) is 0 Å². The highest BCUT2D eigenvalue weighted by Gasteiger charge is 2.47. The highest BCUT2D eigenvalue weighted by Crippen LogP contribution is 2.31. The van der Waals surface area contributed by atoms with Crippen molar-refractivity contribution in [3.8, 4) is 6.07 Å². The molecule has 12 heteroatoms. The molecule has 1 aromatic rings. The number of alkyl halides is 2. The third-order valence-electron chi connectivity index (χ3n) is 5.35. The Morgan fingerprint density at radius 1 is 1.32 bits per heavy atom. The molecule has 0 unspecified atom stereocenters. The maximum Gasteiger partial charge on any atom is 0.404 e. The van der Waals surface area contributed by atoms with Gasteiger partial charge in [0.05, 0.1) is 36.6 Å². The summed E-state index contributed by atoms with van der Waals surface area (Å²) in [6.45, 7) is -0.357. The summed E-state index contributed by atoms with van der Waals surface area (Å²) in [5, 5.41) is 22.7. The minimum absolute atomic E-state index is 0.174. The second-order valence-electron chi connectivity index (χ2n) is 7.51. The summed E-state index contributed by atoms with van der Waals surface area (Å²) >= 11 is 0. The second-order valence-corrected chi connectivity index (χ2v) is 7.51. The topological polar surface area (TPSA) is 139 Å². The van der Waals surface area contributed by atoms with Crippen LogP contribution in [0.1, 0.15) is 29.6 Å². The van der Waals surface area contributed by atoms with E-state index >= 15 is 0 Å². The van der Waals surface area contributed by atoms with Gasteiger partial charge in [-0.3, -0.25) is 14.6 Å². The van der Waals surface area contributed by atoms with Crippen molar-refractivity contribution in [2.24, 2.45) is 0 Å². The van der Waals surface area contributed by atoms with E-state index in [2.05, 4.69) is 15.6 Å². The Balaban J connectivity index is 1.61. The Bertz CT molecular complexity index is 898. The number of nitrogens with zero attached hydrogens (tertiary/aromatic N) is 4. The maximum absolute atomic E-state index is 13.5. The summed E-state index contributed by atoms with van der Waals surface area (Å²) < 4.78 is 27.1. The van der Waals surface area contributed by atoms with Gasteiger partial charge in [-0.15, -0.1) is 0 Å². The van der Waals surface area contributed by atoms with E-state index in [0.717, 1.165) is 4.90 Å². The number of pyridine rings is 1. The van der Waals surface area contributed by atoms with E-state index in [1.165, 1.54) is 18.5 Å². The Morgan fingerprint density at radius 2 is 2.03 bits per heavy atom. The van der Waals surface area contributed by atoms with Crippen LogP contribution < -0.4 is 15.5 Å². The quantitative estimate of drug-likeness (QED) is 0.621. The average Bonchev–Trinajstić information content (AvgIpc) is 3.06. The first kappa shape index (κ1) is 22.2. The first-order valence-electron chi connectivity index (χ1n) is 9.74. The van der Waals surface area contributed by atoms with E-state index < -0.39 is 49.4 Å². The Morgan fingerprint density at radius 3 is 2.68 bits per heavy atom. The van der Waals surface area contributed by atoms with Crippen LogP contribution in [0.3, 0.4) is 0 Å². The number of carbonyl (C=O) groups is 3. The van der Waals surface area contributed by atoms with Gasteiger partial charge in [0.1, 0.15) is 6.04 Å². The zero-order valence-corrected chi connectivity index (χ0v) is 16.6. The number of aromatic nitrogens is 1. The summed E-state index contributed by atoms with van der Waals surface area (Å²) in [6, 6.07) is 1.78. The number of anilines is 1. The van der Waals surface area contributed by atoms with Crippen LogP contribution in [-0.2, 0) is 4.79 Å². The first-order chi connectivity index (χ1) is 14.7. The van der Waals surface area contributed by atoms with Crippen molar-refractivity contribution in [3.05, 3.63) is 24.0 Å². The molecule has 0 spiro atoms. The van der Waals surface area contributed by atoms with E-state index in [-0.39, 0.29) is 11.6 Å². The normalized spacial score (nSPS) is 20.7. The van der Waals surface area contributed by atoms with Crippen molar-refractivity contribution in [2.75, 3.05) is 31.1 Å². The third-order valence-corrected chi connectivity index (χ3v) is 5.35. The molecule has 2 aliphatic rings. The number of carbonyl (C=O) groups excluding carboxylic acids is 2. The van der Waals surface area contributed by atoms with Gasteiger partial charge in [0.25, 0.3) is 11.8 Å². The molecule has 1 atom stereocenters. The van der Waals surface area contributed by atoms with Crippen molar-refractivity contribution in [2.45, 2.75) is 37.3 Å². The van der Waals surface area contributed by atoms with Crippen molar-refractivity contribution in [1.29, 1.82) is 5.26 Å². The number of rotatable bonds is 5. The van der Waals surface area contributed by atoms with Gasteiger partial charge in [0.15, 0.2) is 0 Å². The lowest BCUT2D eigenvalue weighted by atomic mass is 10.0. The highest BCUT2D eigenvalue weighted by molar-refractivity contribution is 6.01. The fourth-order valence-electron chi connectivity index (χ4n) is 3.82. The Hall–Kier alpha value is -3.49. The molecule has 3 N–H and O–H groups in total. The number of carboxylic acid groups (broad SMARTS) is 1. The van der Waals surface area contributed by atoms with Gasteiger partial charge >= 0.3 is 6.09 Å². The van der Waals surface area contributed by atoms with Gasteiger partial charge in [-0.2, -0.15) is 5.26 Å². The fourth-order valence-corrected chi connectivity index (χ4v) is 3.82. The molecule has 3 amide bonds. The Kier molecular flexibility index (Phi) is 6.53.